The van der Waals surface area contributed by atoms with Gasteiger partial charge in [-0.25, -0.2) is 9.59 Å². The predicted molar refractivity (Wildman–Crippen MR) is 111 cm³/mol. The van der Waals surface area contributed by atoms with Gasteiger partial charge in [-0.3, -0.25) is 10.1 Å². The number of nitro benzene ring substituents is 1. The van der Waals surface area contributed by atoms with Gasteiger partial charge < -0.3 is 18.9 Å². The lowest BCUT2D eigenvalue weighted by molar-refractivity contribution is -0.384. The van der Waals surface area contributed by atoms with Crippen LogP contribution in [0.5, 0.6) is 0 Å². The Balaban J connectivity index is 2.30. The van der Waals surface area contributed by atoms with E-state index in [0.29, 0.717) is 13.0 Å². The molecule has 0 amide bonds. The van der Waals surface area contributed by atoms with E-state index in [1.165, 1.54) is 30.3 Å². The Morgan fingerprint density at radius 2 is 1.90 bits per heavy atom. The molecule has 1 aliphatic rings. The summed E-state index contributed by atoms with van der Waals surface area (Å²) in [6, 6.07) is 4.91. The van der Waals surface area contributed by atoms with Crippen molar-refractivity contribution in [1.82, 2.24) is 0 Å². The average molecular weight is 435 g/mol. The smallest absolute Gasteiger partial charge is 0.348 e. The van der Waals surface area contributed by atoms with Gasteiger partial charge in [0.25, 0.3) is 5.69 Å². The number of benzene rings is 1. The van der Waals surface area contributed by atoms with Crippen LogP contribution in [0.1, 0.15) is 51.4 Å². The van der Waals surface area contributed by atoms with Crippen LogP contribution in [0.15, 0.2) is 36.9 Å². The quantitative estimate of drug-likeness (QED) is 0.275. The lowest BCUT2D eigenvalue weighted by atomic mass is 9.92. The second kappa shape index (κ2) is 9.57. The molecule has 1 fully saturated rings. The zero-order valence-corrected chi connectivity index (χ0v) is 18.5. The van der Waals surface area contributed by atoms with Crippen LogP contribution in [0, 0.1) is 16.0 Å². The van der Waals surface area contributed by atoms with Crippen LogP contribution in [0.3, 0.4) is 0 Å². The van der Waals surface area contributed by atoms with Gasteiger partial charge in [-0.15, -0.1) is 6.58 Å². The fourth-order valence-electron chi connectivity index (χ4n) is 3.17. The molecule has 2 rings (SSSR count). The Morgan fingerprint density at radius 1 is 1.29 bits per heavy atom. The Bertz CT molecular complexity index is 825. The van der Waals surface area contributed by atoms with Crippen LogP contribution < -0.4 is 0 Å². The lowest BCUT2D eigenvalue weighted by Gasteiger charge is -2.40. The third kappa shape index (κ3) is 6.86. The number of hydrogen-bond acceptors (Lipinski definition) is 8. The van der Waals surface area contributed by atoms with Gasteiger partial charge in [-0.1, -0.05) is 6.08 Å². The molecule has 0 bridgehead atoms. The highest BCUT2D eigenvalue weighted by molar-refractivity contribution is 5.91. The normalized spacial score (nSPS) is 20.2. The average Bonchev–Trinajstić information content (AvgIpc) is 2.65. The van der Waals surface area contributed by atoms with Gasteiger partial charge in [0.2, 0.25) is 6.10 Å². The molecule has 1 aromatic carbocycles. The standard InChI is InChI=1S/C22H29NO8/c1-7-16(17-12-13-28-22(5,6)30-17)18(20(25)31-21(2,3)4)29-19(24)14-8-10-15(11-9-14)23(26)27/h7-11,16-18H,1,12-13H2,2-6H3/t16-,17+,18-/m1/s1. The zero-order chi connectivity index (χ0) is 23.4. The molecule has 0 N–H and O–H groups in total. The molecular weight excluding hydrogens is 406 g/mol. The van der Waals surface area contributed by atoms with E-state index in [1.807, 2.05) is 0 Å². The van der Waals surface area contributed by atoms with Crippen LogP contribution in [0.25, 0.3) is 0 Å². The molecule has 0 spiro atoms. The minimum absolute atomic E-state index is 0.0650. The highest BCUT2D eigenvalue weighted by atomic mass is 16.7. The van der Waals surface area contributed by atoms with Crippen molar-refractivity contribution in [2.75, 3.05) is 6.61 Å². The summed E-state index contributed by atoms with van der Waals surface area (Å²) in [5, 5.41) is 10.8. The maximum atomic E-state index is 13.0. The van der Waals surface area contributed by atoms with Crippen molar-refractivity contribution in [3.05, 3.63) is 52.6 Å². The first-order valence-corrected chi connectivity index (χ1v) is 9.95. The Morgan fingerprint density at radius 3 is 2.39 bits per heavy atom. The molecule has 1 aromatic rings. The summed E-state index contributed by atoms with van der Waals surface area (Å²) in [5.41, 5.74) is -0.909. The number of rotatable bonds is 7. The van der Waals surface area contributed by atoms with Crippen molar-refractivity contribution >= 4 is 17.6 Å². The van der Waals surface area contributed by atoms with Crippen LogP contribution in [0.4, 0.5) is 5.69 Å². The minimum Gasteiger partial charge on any atom is -0.457 e. The third-order valence-electron chi connectivity index (χ3n) is 4.53. The van der Waals surface area contributed by atoms with Crippen LogP contribution in [0.2, 0.25) is 0 Å². The Kier molecular flexibility index (Phi) is 7.56. The maximum absolute atomic E-state index is 13.0. The van der Waals surface area contributed by atoms with Gasteiger partial charge in [0.15, 0.2) is 5.79 Å². The van der Waals surface area contributed by atoms with E-state index >= 15 is 0 Å². The lowest BCUT2D eigenvalue weighted by Crippen LogP contribution is -2.49. The number of esters is 2. The number of carbonyl (C=O) groups excluding carboxylic acids is 2. The summed E-state index contributed by atoms with van der Waals surface area (Å²) in [4.78, 5) is 35.9. The number of ether oxygens (including phenoxy) is 4. The molecule has 0 unspecified atom stereocenters. The van der Waals surface area contributed by atoms with Gasteiger partial charge in [0.1, 0.15) is 5.60 Å². The van der Waals surface area contributed by atoms with E-state index in [9.17, 15) is 19.7 Å². The second-order valence-corrected chi connectivity index (χ2v) is 8.67. The largest absolute Gasteiger partial charge is 0.457 e. The van der Waals surface area contributed by atoms with E-state index in [2.05, 4.69) is 6.58 Å². The van der Waals surface area contributed by atoms with Gasteiger partial charge in [-0.2, -0.15) is 0 Å². The molecule has 0 aliphatic carbocycles. The molecule has 9 nitrogen and oxygen atoms in total. The summed E-state index contributed by atoms with van der Waals surface area (Å²) in [7, 11) is 0. The molecule has 1 aliphatic heterocycles. The molecule has 1 heterocycles. The molecular formula is C22H29NO8. The SMILES string of the molecule is C=C[C@H]([C@@H]1CCOC(C)(C)O1)[C@@H](OC(=O)c1ccc([N+](=O)[O-])cc1)C(=O)OC(C)(C)C. The van der Waals surface area contributed by atoms with Crippen molar-refractivity contribution < 1.29 is 33.5 Å². The van der Waals surface area contributed by atoms with Crippen molar-refractivity contribution in [1.29, 1.82) is 0 Å². The van der Waals surface area contributed by atoms with Crippen molar-refractivity contribution in [3.63, 3.8) is 0 Å². The van der Waals surface area contributed by atoms with Crippen LogP contribution in [-0.4, -0.2) is 47.1 Å². The van der Waals surface area contributed by atoms with Gasteiger partial charge in [0, 0.05) is 12.1 Å². The summed E-state index contributed by atoms with van der Waals surface area (Å²) in [5.74, 6) is -3.12. The molecule has 1 saturated heterocycles. The number of non-ortho nitro benzene ring substituents is 1. The molecule has 0 saturated carbocycles. The zero-order valence-electron chi connectivity index (χ0n) is 18.5. The van der Waals surface area contributed by atoms with Crippen LogP contribution in [-0.2, 0) is 23.7 Å². The van der Waals surface area contributed by atoms with Crippen LogP contribution >= 0.6 is 0 Å². The fourth-order valence-corrected chi connectivity index (χ4v) is 3.17. The number of nitrogens with zero attached hydrogens (tertiary/aromatic N) is 1. The van der Waals surface area contributed by atoms with E-state index in [1.54, 1.807) is 34.6 Å². The van der Waals surface area contributed by atoms with Crippen molar-refractivity contribution in [2.45, 2.75) is 64.6 Å². The number of carbonyl (C=O) groups is 2. The number of hydrogen-bond donors (Lipinski definition) is 0. The van der Waals surface area contributed by atoms with Crippen molar-refractivity contribution in [2.24, 2.45) is 5.92 Å². The van der Waals surface area contributed by atoms with E-state index in [-0.39, 0.29) is 11.3 Å². The summed E-state index contributed by atoms with van der Waals surface area (Å²) in [6.07, 6.45) is 0.153. The minimum atomic E-state index is -1.32. The second-order valence-electron chi connectivity index (χ2n) is 8.67. The molecule has 3 atom stereocenters. The van der Waals surface area contributed by atoms with E-state index in [4.69, 9.17) is 18.9 Å². The fraction of sp³-hybridized carbons (Fsp3) is 0.545. The van der Waals surface area contributed by atoms with Gasteiger partial charge >= 0.3 is 11.9 Å². The topological polar surface area (TPSA) is 114 Å². The molecule has 170 valence electrons. The molecule has 9 heteroatoms. The predicted octanol–water partition coefficient (Wildman–Crippen LogP) is 3.81. The molecule has 0 radical (unpaired) electrons. The Hall–Kier alpha value is -2.78. The highest BCUT2D eigenvalue weighted by Crippen LogP contribution is 2.31. The van der Waals surface area contributed by atoms with E-state index in [0.717, 1.165) is 0 Å². The van der Waals surface area contributed by atoms with Gasteiger partial charge in [-0.05, 0) is 53.2 Å². The molecule has 0 aromatic heterocycles. The van der Waals surface area contributed by atoms with E-state index < -0.39 is 46.4 Å². The summed E-state index contributed by atoms with van der Waals surface area (Å²) >= 11 is 0. The molecule has 31 heavy (non-hydrogen) atoms. The summed E-state index contributed by atoms with van der Waals surface area (Å²) in [6.45, 7) is 12.8. The third-order valence-corrected chi connectivity index (χ3v) is 4.53. The summed E-state index contributed by atoms with van der Waals surface area (Å²) < 4.78 is 22.5. The maximum Gasteiger partial charge on any atom is 0.348 e. The first kappa shape index (κ1) is 24.5. The first-order chi connectivity index (χ1) is 14.3. The number of nitro groups is 1. The van der Waals surface area contributed by atoms with Gasteiger partial charge in [0.05, 0.1) is 29.1 Å². The van der Waals surface area contributed by atoms with Crippen molar-refractivity contribution in [3.8, 4) is 0 Å². The monoisotopic (exact) mass is 435 g/mol. The Labute approximate surface area is 181 Å². The first-order valence-electron chi connectivity index (χ1n) is 9.95. The highest BCUT2D eigenvalue weighted by Gasteiger charge is 2.42.